The van der Waals surface area contributed by atoms with E-state index in [9.17, 15) is 14.4 Å². The molecule has 9 heteroatoms. The number of urea groups is 1. The molecule has 0 fully saturated rings. The lowest BCUT2D eigenvalue weighted by atomic mass is 10.2. The highest BCUT2D eigenvalue weighted by Gasteiger charge is 2.18. The number of rotatable bonds is 4. The minimum atomic E-state index is -0.778. The Morgan fingerprint density at radius 2 is 1.68 bits per heavy atom. The summed E-state index contributed by atoms with van der Waals surface area (Å²) < 4.78 is 11.8. The van der Waals surface area contributed by atoms with Crippen molar-refractivity contribution in [3.63, 3.8) is 0 Å². The maximum Gasteiger partial charge on any atom is 0.345 e. The molecule has 2 aromatic heterocycles. The highest BCUT2D eigenvalue weighted by Crippen LogP contribution is 2.33. The van der Waals surface area contributed by atoms with Gasteiger partial charge in [0.2, 0.25) is 0 Å². The molecular formula is C25H15ClN2O5S. The van der Waals surface area contributed by atoms with E-state index < -0.39 is 17.6 Å². The monoisotopic (exact) mass is 490 g/mol. The van der Waals surface area contributed by atoms with Crippen molar-refractivity contribution in [2.75, 3.05) is 5.32 Å². The molecule has 0 atom stereocenters. The Bertz CT molecular complexity index is 1610. The van der Waals surface area contributed by atoms with Crippen LogP contribution in [0.5, 0.6) is 11.5 Å². The van der Waals surface area contributed by atoms with E-state index in [4.69, 9.17) is 20.8 Å². The molecule has 0 saturated heterocycles. The second kappa shape index (κ2) is 9.01. The average Bonchev–Trinajstić information content (AvgIpc) is 3.28. The van der Waals surface area contributed by atoms with Crippen LogP contribution in [0.25, 0.3) is 21.1 Å². The third kappa shape index (κ3) is 4.36. The highest BCUT2D eigenvalue weighted by molar-refractivity contribution is 7.21. The Kier molecular flexibility index (Phi) is 5.75. The molecule has 34 heavy (non-hydrogen) atoms. The van der Waals surface area contributed by atoms with Crippen LogP contribution in [0.2, 0.25) is 5.02 Å². The van der Waals surface area contributed by atoms with Gasteiger partial charge in [-0.25, -0.2) is 9.59 Å². The van der Waals surface area contributed by atoms with Gasteiger partial charge < -0.3 is 14.5 Å². The van der Waals surface area contributed by atoms with Crippen molar-refractivity contribution in [1.82, 2.24) is 5.32 Å². The van der Waals surface area contributed by atoms with Crippen LogP contribution in [-0.2, 0) is 0 Å². The Morgan fingerprint density at radius 1 is 0.912 bits per heavy atom. The van der Waals surface area contributed by atoms with Crippen LogP contribution in [0.4, 0.5) is 10.5 Å². The van der Waals surface area contributed by atoms with Crippen molar-refractivity contribution in [2.24, 2.45) is 0 Å². The van der Waals surface area contributed by atoms with E-state index in [0.717, 1.165) is 11.3 Å². The van der Waals surface area contributed by atoms with Gasteiger partial charge in [0.15, 0.2) is 5.75 Å². The summed E-state index contributed by atoms with van der Waals surface area (Å²) in [6, 6.07) is 21.5. The van der Waals surface area contributed by atoms with Crippen molar-refractivity contribution in [3.05, 3.63) is 99.2 Å². The van der Waals surface area contributed by atoms with E-state index in [0.29, 0.717) is 32.2 Å². The first-order valence-electron chi connectivity index (χ1n) is 10.1. The molecule has 3 aromatic carbocycles. The molecule has 7 nitrogen and oxygen atoms in total. The summed E-state index contributed by atoms with van der Waals surface area (Å²) in [7, 11) is 0. The minimum Gasteiger partial charge on any atom is -0.455 e. The van der Waals surface area contributed by atoms with E-state index in [1.54, 1.807) is 42.5 Å². The molecule has 168 valence electrons. The molecule has 5 rings (SSSR count). The van der Waals surface area contributed by atoms with E-state index >= 15 is 0 Å². The fourth-order valence-corrected chi connectivity index (χ4v) is 4.62. The lowest BCUT2D eigenvalue weighted by Crippen LogP contribution is -2.34. The predicted molar refractivity (Wildman–Crippen MR) is 132 cm³/mol. The zero-order chi connectivity index (χ0) is 23.7. The molecule has 0 aliphatic heterocycles. The zero-order valence-electron chi connectivity index (χ0n) is 17.3. The lowest BCUT2D eigenvalue weighted by Gasteiger charge is -2.13. The number of para-hydroxylation sites is 2. The molecule has 0 spiro atoms. The van der Waals surface area contributed by atoms with Gasteiger partial charge in [-0.3, -0.25) is 10.1 Å². The number of carbonyl (C=O) groups excluding carboxylic acids is 2. The normalized spacial score (nSPS) is 10.9. The van der Waals surface area contributed by atoms with E-state index in [2.05, 4.69) is 10.6 Å². The second-order valence-electron chi connectivity index (χ2n) is 7.20. The summed E-state index contributed by atoms with van der Waals surface area (Å²) >= 11 is 7.19. The molecular weight excluding hydrogens is 476 g/mol. The van der Waals surface area contributed by atoms with Crippen LogP contribution < -0.4 is 21.0 Å². The molecule has 0 aliphatic rings. The van der Waals surface area contributed by atoms with Crippen LogP contribution in [0.3, 0.4) is 0 Å². The lowest BCUT2D eigenvalue weighted by molar-refractivity contribution is 0.0971. The average molecular weight is 491 g/mol. The topological polar surface area (TPSA) is 97.6 Å². The first-order chi connectivity index (χ1) is 16.5. The fraction of sp³-hybridized carbons (Fsp3) is 0. The number of imide groups is 1. The molecule has 0 radical (unpaired) electrons. The van der Waals surface area contributed by atoms with Crippen LogP contribution in [0.15, 0.2) is 88.1 Å². The van der Waals surface area contributed by atoms with Crippen LogP contribution in [0, 0.1) is 0 Å². The smallest absolute Gasteiger partial charge is 0.345 e. The van der Waals surface area contributed by atoms with E-state index in [1.165, 1.54) is 12.1 Å². The number of anilines is 1. The summed E-state index contributed by atoms with van der Waals surface area (Å²) in [4.78, 5) is 37.9. The summed E-state index contributed by atoms with van der Waals surface area (Å²) in [6.45, 7) is 0. The molecule has 0 saturated carbocycles. The second-order valence-corrected chi connectivity index (χ2v) is 8.69. The van der Waals surface area contributed by atoms with Gasteiger partial charge in [0.25, 0.3) is 5.91 Å². The van der Waals surface area contributed by atoms with Crippen molar-refractivity contribution >= 4 is 61.6 Å². The largest absolute Gasteiger partial charge is 0.455 e. The number of benzene rings is 3. The van der Waals surface area contributed by atoms with E-state index in [1.807, 2.05) is 24.3 Å². The standard InChI is InChI=1S/C25H15ClN2O5S/c26-14-10-11-20(32-15-6-2-1-3-7-15)18(12-14)27-25(31)28-23(29)21-13-17-22(34-21)16-8-4-5-9-19(16)33-24(17)30/h1-13H,(H2,27,28,29,31). The molecule has 3 amide bonds. The number of ether oxygens (including phenoxy) is 1. The quantitative estimate of drug-likeness (QED) is 0.283. The van der Waals surface area contributed by atoms with Gasteiger partial charge in [0.05, 0.1) is 20.7 Å². The molecule has 0 aliphatic carbocycles. The van der Waals surface area contributed by atoms with Crippen molar-refractivity contribution < 1.29 is 18.7 Å². The number of amides is 3. The van der Waals surface area contributed by atoms with Gasteiger partial charge in [-0.05, 0) is 48.5 Å². The summed E-state index contributed by atoms with van der Waals surface area (Å²) in [5, 5.41) is 6.24. The number of fused-ring (bicyclic) bond motifs is 3. The van der Waals surface area contributed by atoms with Crippen molar-refractivity contribution in [1.29, 1.82) is 0 Å². The van der Waals surface area contributed by atoms with Gasteiger partial charge in [0, 0.05) is 10.4 Å². The molecule has 0 bridgehead atoms. The summed E-state index contributed by atoms with van der Waals surface area (Å²) in [5.41, 5.74) is 0.165. The van der Waals surface area contributed by atoms with Gasteiger partial charge in [0.1, 0.15) is 11.3 Å². The fourth-order valence-electron chi connectivity index (χ4n) is 3.38. The number of carbonyl (C=O) groups is 2. The van der Waals surface area contributed by atoms with Crippen LogP contribution in [-0.4, -0.2) is 11.9 Å². The number of hydrogen-bond acceptors (Lipinski definition) is 6. The maximum atomic E-state index is 12.8. The zero-order valence-corrected chi connectivity index (χ0v) is 18.9. The number of nitrogens with one attached hydrogen (secondary N) is 2. The summed E-state index contributed by atoms with van der Waals surface area (Å²) in [6.07, 6.45) is 0. The van der Waals surface area contributed by atoms with Gasteiger partial charge in [-0.15, -0.1) is 11.3 Å². The highest BCUT2D eigenvalue weighted by atomic mass is 35.5. The Labute approximate surface area is 201 Å². The first kappa shape index (κ1) is 21.7. The molecule has 5 aromatic rings. The third-order valence-electron chi connectivity index (χ3n) is 4.90. The Hall–Kier alpha value is -4.14. The van der Waals surface area contributed by atoms with Crippen LogP contribution >= 0.6 is 22.9 Å². The van der Waals surface area contributed by atoms with Crippen molar-refractivity contribution in [2.45, 2.75) is 0 Å². The third-order valence-corrected chi connectivity index (χ3v) is 6.30. The van der Waals surface area contributed by atoms with Gasteiger partial charge in [-0.1, -0.05) is 41.9 Å². The van der Waals surface area contributed by atoms with Gasteiger partial charge >= 0.3 is 11.7 Å². The molecule has 0 unspecified atom stereocenters. The van der Waals surface area contributed by atoms with Gasteiger partial charge in [-0.2, -0.15) is 0 Å². The Balaban J connectivity index is 1.37. The SMILES string of the molecule is O=C(NC(=O)c1cc2c(=O)oc3ccccc3c2s1)Nc1cc(Cl)ccc1Oc1ccccc1. The van der Waals surface area contributed by atoms with E-state index in [-0.39, 0.29) is 16.0 Å². The Morgan fingerprint density at radius 3 is 2.50 bits per heavy atom. The number of hydrogen-bond donors (Lipinski definition) is 2. The minimum absolute atomic E-state index is 0.195. The first-order valence-corrected chi connectivity index (χ1v) is 11.3. The number of thiophene rings is 1. The van der Waals surface area contributed by atoms with Crippen LogP contribution in [0.1, 0.15) is 9.67 Å². The van der Waals surface area contributed by atoms with Crippen molar-refractivity contribution in [3.8, 4) is 11.5 Å². The number of halogens is 1. The maximum absolute atomic E-state index is 12.8. The molecule has 2 heterocycles. The summed E-state index contributed by atoms with van der Waals surface area (Å²) in [5.74, 6) is 0.263. The predicted octanol–water partition coefficient (Wildman–Crippen LogP) is 6.42. The molecule has 2 N–H and O–H groups in total.